The molecule has 5 nitrogen and oxygen atoms in total. The van der Waals surface area contributed by atoms with Gasteiger partial charge < -0.3 is 11.1 Å². The molecule has 0 saturated carbocycles. The number of carbonyl (C=O) groups excluding carboxylic acids is 1. The van der Waals surface area contributed by atoms with Gasteiger partial charge in [0.25, 0.3) is 0 Å². The number of anilines is 1. The van der Waals surface area contributed by atoms with Gasteiger partial charge >= 0.3 is 0 Å². The Bertz CT molecular complexity index is 648. The highest BCUT2D eigenvalue weighted by Crippen LogP contribution is 2.37. The van der Waals surface area contributed by atoms with Crippen molar-refractivity contribution in [1.82, 2.24) is 5.32 Å². The fraction of sp³-hybridized carbons (Fsp3) is 0.467. The second-order valence-electron chi connectivity index (χ2n) is 5.78. The number of rotatable bonds is 3. The highest BCUT2D eigenvalue weighted by atomic mass is 32.2. The molecule has 2 aliphatic heterocycles. The highest BCUT2D eigenvalue weighted by Gasteiger charge is 2.32. The van der Waals surface area contributed by atoms with Gasteiger partial charge in [0, 0.05) is 28.6 Å². The summed E-state index contributed by atoms with van der Waals surface area (Å²) in [5, 5.41) is 6.44. The van der Waals surface area contributed by atoms with Crippen LogP contribution in [-0.2, 0) is 10.3 Å². The molecule has 1 amide bonds. The molecule has 0 spiro atoms. The minimum Gasteiger partial charge on any atom is -0.379 e. The highest BCUT2D eigenvalue weighted by molar-refractivity contribution is 8.13. The van der Waals surface area contributed by atoms with Crippen LogP contribution in [0, 0.1) is 5.82 Å². The minimum absolute atomic E-state index is 0.0973. The van der Waals surface area contributed by atoms with Gasteiger partial charge in [-0.15, -0.1) is 11.8 Å². The van der Waals surface area contributed by atoms with Crippen LogP contribution in [-0.4, -0.2) is 34.5 Å². The lowest BCUT2D eigenvalue weighted by molar-refractivity contribution is -0.117. The average Bonchev–Trinajstić information content (AvgIpc) is 3.03. The molecule has 124 valence electrons. The summed E-state index contributed by atoms with van der Waals surface area (Å²) in [4.78, 5) is 16.6. The van der Waals surface area contributed by atoms with Crippen LogP contribution in [0.25, 0.3) is 0 Å². The first-order valence-electron chi connectivity index (χ1n) is 7.38. The normalized spacial score (nSPS) is 27.6. The number of hydrogen-bond donors (Lipinski definition) is 3. The maximum Gasteiger partial charge on any atom is 0.242 e. The molecule has 8 heteroatoms. The summed E-state index contributed by atoms with van der Waals surface area (Å²) >= 11 is 3.16. The summed E-state index contributed by atoms with van der Waals surface area (Å²) < 4.78 is 14.3. The summed E-state index contributed by atoms with van der Waals surface area (Å²) in [6, 6.07) is 4.42. The van der Waals surface area contributed by atoms with Crippen LogP contribution in [0.5, 0.6) is 0 Å². The summed E-state index contributed by atoms with van der Waals surface area (Å²) in [7, 11) is 0. The zero-order valence-electron chi connectivity index (χ0n) is 12.8. The van der Waals surface area contributed by atoms with Crippen LogP contribution in [0.1, 0.15) is 18.9 Å². The first-order chi connectivity index (χ1) is 11.0. The van der Waals surface area contributed by atoms with Crippen molar-refractivity contribution in [3.63, 3.8) is 0 Å². The Morgan fingerprint density at radius 1 is 1.57 bits per heavy atom. The SMILES string of the molecule is CC1(c2cc(NC(=O)C3CSCN3)ccc2F)CCSC(N)=N1. The van der Waals surface area contributed by atoms with Gasteiger partial charge in [-0.05, 0) is 31.5 Å². The van der Waals surface area contributed by atoms with E-state index in [0.717, 1.165) is 17.4 Å². The maximum absolute atomic E-state index is 14.3. The van der Waals surface area contributed by atoms with Gasteiger partial charge in [-0.25, -0.2) is 4.39 Å². The van der Waals surface area contributed by atoms with E-state index in [2.05, 4.69) is 15.6 Å². The Hall–Kier alpha value is -1.25. The number of aliphatic imine (C=N–C) groups is 1. The Labute approximate surface area is 143 Å². The third-order valence-corrected chi connectivity index (χ3v) is 5.78. The van der Waals surface area contributed by atoms with Crippen molar-refractivity contribution < 1.29 is 9.18 Å². The smallest absolute Gasteiger partial charge is 0.242 e. The molecule has 23 heavy (non-hydrogen) atoms. The van der Waals surface area contributed by atoms with Crippen LogP contribution in [0.4, 0.5) is 10.1 Å². The molecule has 0 aromatic heterocycles. The van der Waals surface area contributed by atoms with Crippen molar-refractivity contribution in [2.75, 3.05) is 22.7 Å². The number of halogens is 1. The Morgan fingerprint density at radius 3 is 3.09 bits per heavy atom. The molecule has 3 rings (SSSR count). The topological polar surface area (TPSA) is 79.5 Å². The van der Waals surface area contributed by atoms with E-state index in [4.69, 9.17) is 5.73 Å². The van der Waals surface area contributed by atoms with Gasteiger partial charge in [0.05, 0.1) is 11.6 Å². The number of nitrogens with one attached hydrogen (secondary N) is 2. The third kappa shape index (κ3) is 3.64. The second kappa shape index (κ2) is 6.70. The van der Waals surface area contributed by atoms with E-state index in [0.29, 0.717) is 22.8 Å². The number of nitrogens with two attached hydrogens (primary N) is 1. The van der Waals surface area contributed by atoms with Gasteiger partial charge in [0.1, 0.15) is 5.82 Å². The molecule has 1 aromatic rings. The molecule has 2 aliphatic rings. The van der Waals surface area contributed by atoms with Crippen molar-refractivity contribution in [1.29, 1.82) is 0 Å². The maximum atomic E-state index is 14.3. The molecule has 4 N–H and O–H groups in total. The molecule has 1 aromatic carbocycles. The molecule has 0 aliphatic carbocycles. The number of hydrogen-bond acceptors (Lipinski definition) is 6. The van der Waals surface area contributed by atoms with Crippen LogP contribution >= 0.6 is 23.5 Å². The molecular weight excluding hydrogens is 335 g/mol. The van der Waals surface area contributed by atoms with E-state index in [1.165, 1.54) is 17.8 Å². The lowest BCUT2D eigenvalue weighted by Crippen LogP contribution is -2.37. The first kappa shape index (κ1) is 16.6. The van der Waals surface area contributed by atoms with Gasteiger partial charge in [0.15, 0.2) is 5.17 Å². The number of thioether (sulfide) groups is 2. The van der Waals surface area contributed by atoms with Crippen LogP contribution in [0.15, 0.2) is 23.2 Å². The Morgan fingerprint density at radius 2 is 2.39 bits per heavy atom. The molecule has 2 unspecified atom stereocenters. The Kier molecular flexibility index (Phi) is 4.84. The van der Waals surface area contributed by atoms with Crippen molar-refractivity contribution in [2.24, 2.45) is 10.7 Å². The van der Waals surface area contributed by atoms with Gasteiger partial charge in [0.2, 0.25) is 5.91 Å². The molecule has 0 bridgehead atoms. The molecular formula is C15H19FN4OS2. The lowest BCUT2D eigenvalue weighted by atomic mass is 9.89. The summed E-state index contributed by atoms with van der Waals surface area (Å²) in [6.07, 6.45) is 0.702. The van der Waals surface area contributed by atoms with Crippen LogP contribution < -0.4 is 16.4 Å². The van der Waals surface area contributed by atoms with E-state index < -0.39 is 5.54 Å². The molecule has 2 heterocycles. The standard InChI is InChI=1S/C15H19FN4OS2/c1-15(4-5-23-14(17)20-15)10-6-9(2-3-11(10)16)19-13(21)12-7-22-8-18-12/h2-3,6,12,18H,4-5,7-8H2,1H3,(H2,17,20)(H,19,21). The van der Waals surface area contributed by atoms with Crippen molar-refractivity contribution in [3.8, 4) is 0 Å². The van der Waals surface area contributed by atoms with E-state index in [9.17, 15) is 9.18 Å². The van der Waals surface area contributed by atoms with E-state index >= 15 is 0 Å². The van der Waals surface area contributed by atoms with E-state index in [1.807, 2.05) is 6.92 Å². The summed E-state index contributed by atoms with van der Waals surface area (Å²) in [6.45, 7) is 1.87. The molecule has 1 fully saturated rings. The zero-order valence-corrected chi connectivity index (χ0v) is 14.4. The monoisotopic (exact) mass is 354 g/mol. The third-order valence-electron chi connectivity index (χ3n) is 4.04. The lowest BCUT2D eigenvalue weighted by Gasteiger charge is -2.30. The van der Waals surface area contributed by atoms with Gasteiger partial charge in [-0.2, -0.15) is 0 Å². The quantitative estimate of drug-likeness (QED) is 0.775. The van der Waals surface area contributed by atoms with Gasteiger partial charge in [-0.1, -0.05) is 11.8 Å². The van der Waals surface area contributed by atoms with Crippen molar-refractivity contribution in [2.45, 2.75) is 24.9 Å². The largest absolute Gasteiger partial charge is 0.379 e. The number of nitrogens with zero attached hydrogens (tertiary/aromatic N) is 1. The second-order valence-corrected chi connectivity index (χ2v) is 7.92. The van der Waals surface area contributed by atoms with Crippen LogP contribution in [0.3, 0.4) is 0 Å². The number of benzene rings is 1. The van der Waals surface area contributed by atoms with E-state index in [1.54, 1.807) is 23.9 Å². The number of amides is 1. The fourth-order valence-electron chi connectivity index (χ4n) is 2.69. The van der Waals surface area contributed by atoms with Gasteiger partial charge in [-0.3, -0.25) is 15.1 Å². The first-order valence-corrected chi connectivity index (χ1v) is 9.52. The number of amidine groups is 1. The molecule has 1 saturated heterocycles. The molecule has 0 radical (unpaired) electrons. The zero-order chi connectivity index (χ0) is 16.4. The Balaban J connectivity index is 1.84. The molecule has 2 atom stereocenters. The van der Waals surface area contributed by atoms with Crippen molar-refractivity contribution >= 4 is 40.3 Å². The van der Waals surface area contributed by atoms with Crippen LogP contribution in [0.2, 0.25) is 0 Å². The summed E-state index contributed by atoms with van der Waals surface area (Å²) in [5.74, 6) is 1.89. The predicted molar refractivity (Wildman–Crippen MR) is 95.3 cm³/mol. The summed E-state index contributed by atoms with van der Waals surface area (Å²) in [5.41, 5.74) is 6.16. The average molecular weight is 354 g/mol. The minimum atomic E-state index is -0.693. The predicted octanol–water partition coefficient (Wildman–Crippen LogP) is 2.09. The number of carbonyl (C=O) groups is 1. The van der Waals surface area contributed by atoms with Crippen molar-refractivity contribution in [3.05, 3.63) is 29.6 Å². The fourth-order valence-corrected chi connectivity index (χ4v) is 4.61. The van der Waals surface area contributed by atoms with E-state index in [-0.39, 0.29) is 17.8 Å².